The second kappa shape index (κ2) is 7.72. The lowest BCUT2D eigenvalue weighted by atomic mass is 10.4. The highest BCUT2D eigenvalue weighted by Crippen LogP contribution is 2.17. The molecule has 0 aliphatic carbocycles. The number of rotatable bonds is 5. The first-order chi connectivity index (χ1) is 3.91. The van der Waals surface area contributed by atoms with Crippen molar-refractivity contribution in [2.75, 3.05) is 12.3 Å². The van der Waals surface area contributed by atoms with Crippen LogP contribution in [0.25, 0.3) is 0 Å². The van der Waals surface area contributed by atoms with Gasteiger partial charge in [-0.25, -0.2) is 8.39 Å². The molecule has 0 saturated heterocycles. The molecule has 0 rings (SSSR count). The van der Waals surface area contributed by atoms with Gasteiger partial charge in [-0.2, -0.15) is 0 Å². The van der Waals surface area contributed by atoms with Crippen LogP contribution in [0.15, 0.2) is 0 Å². The molecule has 50 valence electrons. The molecule has 0 heterocycles. The average Bonchev–Trinajstić information content (AvgIpc) is 1.81. The van der Waals surface area contributed by atoms with E-state index in [2.05, 4.69) is 0 Å². The molecule has 0 bridgehead atoms. The van der Waals surface area contributed by atoms with Gasteiger partial charge in [0.2, 0.25) is 0 Å². The van der Waals surface area contributed by atoms with Crippen LogP contribution in [0.5, 0.6) is 0 Å². The molecule has 0 amide bonds. The van der Waals surface area contributed by atoms with Crippen LogP contribution in [0.2, 0.25) is 0 Å². The van der Waals surface area contributed by atoms with Crippen LogP contribution in [-0.4, -0.2) is 12.3 Å². The van der Waals surface area contributed by atoms with Crippen LogP contribution in [-0.2, 0) is 0 Å². The lowest BCUT2D eigenvalue weighted by molar-refractivity contribution is 0.837. The van der Waals surface area contributed by atoms with Crippen LogP contribution in [0.4, 0.5) is 8.39 Å². The first-order valence-corrected chi connectivity index (χ1v) is 4.76. The van der Waals surface area contributed by atoms with Crippen molar-refractivity contribution in [2.45, 2.75) is 12.8 Å². The molecule has 0 saturated carbocycles. The van der Waals surface area contributed by atoms with Gasteiger partial charge < -0.3 is 0 Å². The molecule has 0 spiro atoms. The molecule has 0 radical (unpaired) electrons. The van der Waals surface area contributed by atoms with E-state index in [4.69, 9.17) is 0 Å². The summed E-state index contributed by atoms with van der Waals surface area (Å²) < 4.78 is 22.7. The Morgan fingerprint density at radius 2 is 1.25 bits per heavy atom. The molecule has 0 nitrogen and oxygen atoms in total. The predicted molar refractivity (Wildman–Crippen MR) is 37.8 cm³/mol. The highest BCUT2D eigenvalue weighted by Gasteiger charge is 1.86. The SMILES string of the molecule is FPCCCCPF. The molecular formula is C4H10F2P2. The summed E-state index contributed by atoms with van der Waals surface area (Å²) in [5.74, 6) is 0. The van der Waals surface area contributed by atoms with E-state index in [1.54, 1.807) is 0 Å². The Hall–Kier alpha value is 0.720. The number of hydrogen-bond acceptors (Lipinski definition) is 0. The van der Waals surface area contributed by atoms with Gasteiger partial charge in [0, 0.05) is 0 Å². The van der Waals surface area contributed by atoms with Gasteiger partial charge in [-0.15, -0.1) is 0 Å². The lowest BCUT2D eigenvalue weighted by Gasteiger charge is -1.90. The van der Waals surface area contributed by atoms with Crippen molar-refractivity contribution >= 4 is 17.8 Å². The number of unbranched alkanes of at least 4 members (excludes halogenated alkanes) is 1. The summed E-state index contributed by atoms with van der Waals surface area (Å²) >= 11 is 0. The molecule has 2 unspecified atom stereocenters. The molecule has 0 aliphatic heterocycles. The van der Waals surface area contributed by atoms with Crippen molar-refractivity contribution in [1.82, 2.24) is 0 Å². The van der Waals surface area contributed by atoms with Crippen molar-refractivity contribution < 1.29 is 8.39 Å². The standard InChI is InChI=1S/C4H10F2P2/c5-7-3-1-2-4-8-6/h7-8H,1-4H2. The normalized spacial score (nSPS) is 12.8. The van der Waals surface area contributed by atoms with Crippen molar-refractivity contribution in [3.63, 3.8) is 0 Å². The molecule has 2 atom stereocenters. The molecule has 8 heavy (non-hydrogen) atoms. The van der Waals surface area contributed by atoms with Gasteiger partial charge in [0.05, 0.1) is 17.8 Å². The van der Waals surface area contributed by atoms with Crippen LogP contribution < -0.4 is 0 Å². The predicted octanol–water partition coefficient (Wildman–Crippen LogP) is 2.89. The Balaban J connectivity index is 2.53. The van der Waals surface area contributed by atoms with Crippen LogP contribution >= 0.6 is 17.8 Å². The lowest BCUT2D eigenvalue weighted by Crippen LogP contribution is -1.76. The Morgan fingerprint density at radius 1 is 0.875 bits per heavy atom. The Labute approximate surface area is 52.2 Å². The zero-order valence-electron chi connectivity index (χ0n) is 4.58. The largest absolute Gasteiger partial charge is 0.231 e. The van der Waals surface area contributed by atoms with E-state index in [1.165, 1.54) is 0 Å². The summed E-state index contributed by atoms with van der Waals surface area (Å²) in [5, 5.41) is 0. The first kappa shape index (κ1) is 8.72. The summed E-state index contributed by atoms with van der Waals surface area (Å²) in [5.41, 5.74) is 0. The highest BCUT2D eigenvalue weighted by atomic mass is 31.1. The van der Waals surface area contributed by atoms with Crippen molar-refractivity contribution in [2.24, 2.45) is 0 Å². The van der Waals surface area contributed by atoms with Crippen LogP contribution in [0, 0.1) is 0 Å². The van der Waals surface area contributed by atoms with E-state index in [-0.39, 0.29) is 0 Å². The summed E-state index contributed by atoms with van der Waals surface area (Å²) in [4.78, 5) is 0. The van der Waals surface area contributed by atoms with Gasteiger partial charge in [0.25, 0.3) is 0 Å². The molecule has 0 N–H and O–H groups in total. The minimum absolute atomic E-state index is 0.450. The van der Waals surface area contributed by atoms with Gasteiger partial charge in [-0.05, 0) is 25.2 Å². The molecule has 4 heteroatoms. The molecule has 0 fully saturated rings. The van der Waals surface area contributed by atoms with Crippen molar-refractivity contribution in [1.29, 1.82) is 0 Å². The smallest absolute Gasteiger partial charge is 0.0670 e. The molecule has 0 aliphatic rings. The fraction of sp³-hybridized carbons (Fsp3) is 1.00. The Morgan fingerprint density at radius 3 is 1.50 bits per heavy atom. The van der Waals surface area contributed by atoms with E-state index in [0.717, 1.165) is 12.8 Å². The third-order valence-electron chi connectivity index (χ3n) is 0.793. The third-order valence-corrected chi connectivity index (χ3v) is 1.88. The molecule has 0 aromatic carbocycles. The Kier molecular flexibility index (Phi) is 8.41. The summed E-state index contributed by atoms with van der Waals surface area (Å²) in [6.45, 7) is 0. The fourth-order valence-corrected chi connectivity index (χ4v) is 1.15. The maximum Gasteiger partial charge on any atom is 0.0670 e. The van der Waals surface area contributed by atoms with Crippen LogP contribution in [0.1, 0.15) is 12.8 Å². The Bertz CT molecular complexity index is 37.0. The second-order valence-corrected chi connectivity index (χ2v) is 3.01. The molecule has 0 aromatic heterocycles. The third kappa shape index (κ3) is 6.72. The van der Waals surface area contributed by atoms with Crippen LogP contribution in [0.3, 0.4) is 0 Å². The van der Waals surface area contributed by atoms with Gasteiger partial charge in [-0.3, -0.25) is 0 Å². The zero-order chi connectivity index (χ0) is 6.24. The number of hydrogen-bond donors (Lipinski definition) is 0. The van der Waals surface area contributed by atoms with E-state index < -0.39 is 17.8 Å². The van der Waals surface area contributed by atoms with E-state index in [1.807, 2.05) is 0 Å². The minimum atomic E-state index is -0.450. The van der Waals surface area contributed by atoms with E-state index >= 15 is 0 Å². The summed E-state index contributed by atoms with van der Waals surface area (Å²) in [6.07, 6.45) is 2.96. The minimum Gasteiger partial charge on any atom is -0.231 e. The average molecular weight is 158 g/mol. The summed E-state index contributed by atoms with van der Waals surface area (Å²) in [7, 11) is -0.901. The fourth-order valence-electron chi connectivity index (χ4n) is 0.384. The summed E-state index contributed by atoms with van der Waals surface area (Å²) in [6, 6.07) is 0. The zero-order valence-corrected chi connectivity index (χ0v) is 6.58. The van der Waals surface area contributed by atoms with Gasteiger partial charge in [-0.1, -0.05) is 0 Å². The highest BCUT2D eigenvalue weighted by molar-refractivity contribution is 7.32. The maximum atomic E-state index is 11.4. The van der Waals surface area contributed by atoms with Gasteiger partial charge in [0.15, 0.2) is 0 Å². The molecular weight excluding hydrogens is 148 g/mol. The molecule has 0 aromatic rings. The van der Waals surface area contributed by atoms with Gasteiger partial charge in [0.1, 0.15) is 0 Å². The first-order valence-electron chi connectivity index (χ1n) is 2.59. The van der Waals surface area contributed by atoms with E-state index in [0.29, 0.717) is 12.3 Å². The van der Waals surface area contributed by atoms with E-state index in [9.17, 15) is 8.39 Å². The number of halogens is 2. The topological polar surface area (TPSA) is 0 Å². The van der Waals surface area contributed by atoms with Gasteiger partial charge >= 0.3 is 0 Å². The maximum absolute atomic E-state index is 11.4. The quantitative estimate of drug-likeness (QED) is 0.426. The van der Waals surface area contributed by atoms with Crippen molar-refractivity contribution in [3.8, 4) is 0 Å². The monoisotopic (exact) mass is 158 g/mol. The van der Waals surface area contributed by atoms with Crippen molar-refractivity contribution in [3.05, 3.63) is 0 Å². The second-order valence-electron chi connectivity index (χ2n) is 1.47.